The van der Waals surface area contributed by atoms with Crippen LogP contribution < -0.4 is 0 Å². The van der Waals surface area contributed by atoms with Crippen molar-refractivity contribution in [3.63, 3.8) is 0 Å². The largest absolute Gasteiger partial charge is 0.374 e. The van der Waals surface area contributed by atoms with E-state index in [1.807, 2.05) is 23.3 Å². The Hall–Kier alpha value is -0.910. The second kappa shape index (κ2) is 6.46. The fraction of sp³-hybridized carbons (Fsp3) is 0.688. The van der Waals surface area contributed by atoms with Crippen molar-refractivity contribution in [1.29, 1.82) is 0 Å². The van der Waals surface area contributed by atoms with Crippen LogP contribution in [0.4, 0.5) is 0 Å². The summed E-state index contributed by atoms with van der Waals surface area (Å²) < 4.78 is 5.85. The van der Waals surface area contributed by atoms with Crippen molar-refractivity contribution in [2.24, 2.45) is 5.92 Å². The number of morpholine rings is 1. The Bertz CT molecular complexity index is 498. The monoisotopic (exact) mass is 308 g/mol. The first-order valence-electron chi connectivity index (χ1n) is 7.77. The maximum atomic E-state index is 12.8. The van der Waals surface area contributed by atoms with Crippen molar-refractivity contribution in [3.05, 3.63) is 21.9 Å². The van der Waals surface area contributed by atoms with Crippen molar-refractivity contribution < 1.29 is 9.53 Å². The first-order chi connectivity index (χ1) is 10.1. The number of nitrogens with zero attached hydrogens (tertiary/aromatic N) is 2. The summed E-state index contributed by atoms with van der Waals surface area (Å²) in [5, 5.41) is 2.00. The van der Waals surface area contributed by atoms with E-state index in [1.54, 1.807) is 11.3 Å². The number of rotatable bonds is 5. The van der Waals surface area contributed by atoms with Crippen molar-refractivity contribution in [2.45, 2.75) is 25.9 Å². The van der Waals surface area contributed by atoms with E-state index in [4.69, 9.17) is 4.74 Å². The Kier molecular flexibility index (Phi) is 4.62. The molecule has 1 aromatic rings. The van der Waals surface area contributed by atoms with E-state index in [1.165, 1.54) is 12.8 Å². The number of ether oxygens (including phenoxy) is 1. The molecule has 116 valence electrons. The highest BCUT2D eigenvalue weighted by Gasteiger charge is 2.31. The molecule has 21 heavy (non-hydrogen) atoms. The lowest BCUT2D eigenvalue weighted by Gasteiger charge is -2.34. The molecular weight excluding hydrogens is 284 g/mol. The molecule has 0 N–H and O–H groups in total. The molecule has 0 unspecified atom stereocenters. The van der Waals surface area contributed by atoms with Crippen LogP contribution in [0.15, 0.2) is 11.4 Å². The number of likely N-dealkylation sites (N-methyl/N-ethyl adjacent to an activating group) is 1. The second-order valence-electron chi connectivity index (χ2n) is 6.34. The molecule has 5 heteroatoms. The zero-order chi connectivity index (χ0) is 14.8. The van der Waals surface area contributed by atoms with Crippen molar-refractivity contribution in [1.82, 2.24) is 9.80 Å². The van der Waals surface area contributed by atoms with Crippen LogP contribution in [0.5, 0.6) is 0 Å². The quantitative estimate of drug-likeness (QED) is 0.836. The lowest BCUT2D eigenvalue weighted by Crippen LogP contribution is -2.48. The molecule has 4 nitrogen and oxygen atoms in total. The maximum absolute atomic E-state index is 12.8. The summed E-state index contributed by atoms with van der Waals surface area (Å²) in [6.45, 7) is 6.29. The molecule has 0 aromatic carbocycles. The normalized spacial score (nSPS) is 23.2. The number of aryl methyl sites for hydroxylation is 1. The molecule has 0 radical (unpaired) electrons. The number of hydrogen-bond acceptors (Lipinski definition) is 4. The number of thiophene rings is 1. The van der Waals surface area contributed by atoms with Gasteiger partial charge in [0.05, 0.1) is 17.6 Å². The van der Waals surface area contributed by atoms with Gasteiger partial charge >= 0.3 is 0 Å². The number of amides is 1. The Morgan fingerprint density at radius 1 is 1.48 bits per heavy atom. The molecule has 1 saturated carbocycles. The van der Waals surface area contributed by atoms with E-state index in [0.29, 0.717) is 5.92 Å². The molecule has 0 spiro atoms. The zero-order valence-electron chi connectivity index (χ0n) is 12.9. The van der Waals surface area contributed by atoms with E-state index in [0.717, 1.165) is 43.2 Å². The molecule has 1 saturated heterocycles. The van der Waals surface area contributed by atoms with Gasteiger partial charge in [0.25, 0.3) is 5.91 Å². The summed E-state index contributed by atoms with van der Waals surface area (Å²) in [4.78, 5) is 18.0. The summed E-state index contributed by atoms with van der Waals surface area (Å²) in [5.41, 5.74) is 1.09. The molecule has 1 aromatic heterocycles. The highest BCUT2D eigenvalue weighted by Crippen LogP contribution is 2.31. The molecule has 0 bridgehead atoms. The molecule has 2 heterocycles. The van der Waals surface area contributed by atoms with Gasteiger partial charge in [-0.2, -0.15) is 0 Å². The Morgan fingerprint density at radius 2 is 2.29 bits per heavy atom. The van der Waals surface area contributed by atoms with Crippen molar-refractivity contribution in [3.8, 4) is 0 Å². The fourth-order valence-corrected chi connectivity index (χ4v) is 3.70. The minimum atomic E-state index is 0.145. The average molecular weight is 308 g/mol. The summed E-state index contributed by atoms with van der Waals surface area (Å²) in [5.74, 6) is 0.891. The van der Waals surface area contributed by atoms with Crippen LogP contribution in [0, 0.1) is 12.8 Å². The lowest BCUT2D eigenvalue weighted by atomic mass is 10.2. The fourth-order valence-electron chi connectivity index (χ4n) is 2.81. The van der Waals surface area contributed by atoms with Crippen LogP contribution in [0.25, 0.3) is 0 Å². The van der Waals surface area contributed by atoms with Gasteiger partial charge in [-0.1, -0.05) is 0 Å². The van der Waals surface area contributed by atoms with Crippen LogP contribution in [0.1, 0.15) is 28.1 Å². The van der Waals surface area contributed by atoms with Gasteiger partial charge in [-0.25, -0.2) is 0 Å². The first kappa shape index (κ1) is 15.0. The standard InChI is InChI=1S/C16H24N2O2S/c1-12-5-8-21-15(12)16(19)18(9-13-3-4-13)11-14-10-17(2)6-7-20-14/h5,8,13-14H,3-4,6-7,9-11H2,1-2H3/t14-/m0/s1. The van der Waals surface area contributed by atoms with Crippen LogP contribution in [0.3, 0.4) is 0 Å². The van der Waals surface area contributed by atoms with E-state index in [-0.39, 0.29) is 12.0 Å². The first-order valence-corrected chi connectivity index (χ1v) is 8.65. The Morgan fingerprint density at radius 3 is 2.90 bits per heavy atom. The van der Waals surface area contributed by atoms with Crippen molar-refractivity contribution >= 4 is 17.2 Å². The predicted molar refractivity (Wildman–Crippen MR) is 84.9 cm³/mol. The van der Waals surface area contributed by atoms with Gasteiger partial charge in [0.15, 0.2) is 0 Å². The van der Waals surface area contributed by atoms with E-state index >= 15 is 0 Å². The van der Waals surface area contributed by atoms with E-state index < -0.39 is 0 Å². The van der Waals surface area contributed by atoms with Crippen molar-refractivity contribution in [2.75, 3.05) is 39.8 Å². The molecule has 1 atom stereocenters. The highest BCUT2D eigenvalue weighted by molar-refractivity contribution is 7.12. The zero-order valence-corrected chi connectivity index (χ0v) is 13.7. The van der Waals surface area contributed by atoms with Crippen LogP contribution >= 0.6 is 11.3 Å². The number of hydrogen-bond donors (Lipinski definition) is 0. The smallest absolute Gasteiger partial charge is 0.264 e. The predicted octanol–water partition coefficient (Wildman–Crippen LogP) is 2.24. The third-order valence-corrected chi connectivity index (χ3v) is 5.29. The van der Waals surface area contributed by atoms with Crippen LogP contribution in [-0.2, 0) is 4.74 Å². The van der Waals surface area contributed by atoms with Gasteiger partial charge in [-0.3, -0.25) is 4.79 Å². The highest BCUT2D eigenvalue weighted by atomic mass is 32.1. The molecule has 1 aliphatic carbocycles. The van der Waals surface area contributed by atoms with Crippen LogP contribution in [-0.4, -0.2) is 61.6 Å². The summed E-state index contributed by atoms with van der Waals surface area (Å²) in [6, 6.07) is 2.03. The number of carbonyl (C=O) groups excluding carboxylic acids is 1. The summed E-state index contributed by atoms with van der Waals surface area (Å²) >= 11 is 1.55. The van der Waals surface area contributed by atoms with E-state index in [2.05, 4.69) is 11.9 Å². The SMILES string of the molecule is Cc1ccsc1C(=O)N(CC1CC1)C[C@@H]1CN(C)CCO1. The van der Waals surface area contributed by atoms with Gasteiger partial charge in [0.2, 0.25) is 0 Å². The van der Waals surface area contributed by atoms with Crippen LogP contribution in [0.2, 0.25) is 0 Å². The molecular formula is C16H24N2O2S. The topological polar surface area (TPSA) is 32.8 Å². The minimum absolute atomic E-state index is 0.145. The van der Waals surface area contributed by atoms with Gasteiger partial charge < -0.3 is 14.5 Å². The third kappa shape index (κ3) is 3.84. The molecule has 2 aliphatic rings. The molecule has 1 aliphatic heterocycles. The summed E-state index contributed by atoms with van der Waals surface area (Å²) in [6.07, 6.45) is 2.67. The second-order valence-corrected chi connectivity index (χ2v) is 7.26. The lowest BCUT2D eigenvalue weighted by molar-refractivity contribution is -0.0331. The molecule has 3 rings (SSSR count). The Balaban J connectivity index is 1.68. The average Bonchev–Trinajstić information content (AvgIpc) is 3.17. The van der Waals surface area contributed by atoms with Gasteiger partial charge in [0, 0.05) is 26.2 Å². The van der Waals surface area contributed by atoms with Gasteiger partial charge in [0.1, 0.15) is 0 Å². The Labute approximate surface area is 130 Å². The maximum Gasteiger partial charge on any atom is 0.264 e. The van der Waals surface area contributed by atoms with Gasteiger partial charge in [-0.05, 0) is 49.7 Å². The molecule has 1 amide bonds. The number of carbonyl (C=O) groups is 1. The summed E-state index contributed by atoms with van der Waals surface area (Å²) in [7, 11) is 2.12. The van der Waals surface area contributed by atoms with Gasteiger partial charge in [-0.15, -0.1) is 11.3 Å². The van der Waals surface area contributed by atoms with E-state index in [9.17, 15) is 4.79 Å². The minimum Gasteiger partial charge on any atom is -0.374 e. The molecule has 2 fully saturated rings. The third-order valence-electron chi connectivity index (χ3n) is 4.28.